The van der Waals surface area contributed by atoms with Crippen LogP contribution in [0.25, 0.3) is 11.0 Å². The average Bonchev–Trinajstić information content (AvgIpc) is 2.48. The van der Waals surface area contributed by atoms with E-state index in [0.717, 1.165) is 20.8 Å². The van der Waals surface area contributed by atoms with Crippen molar-refractivity contribution in [3.05, 3.63) is 22.2 Å². The van der Waals surface area contributed by atoms with Gasteiger partial charge in [-0.05, 0) is 33.6 Å². The molecule has 2 rings (SSSR count). The van der Waals surface area contributed by atoms with Crippen LogP contribution in [0.5, 0.6) is 0 Å². The Hall–Kier alpha value is -0.420. The van der Waals surface area contributed by atoms with E-state index in [-0.39, 0.29) is 0 Å². The van der Waals surface area contributed by atoms with Gasteiger partial charge in [0.2, 0.25) is 0 Å². The molecule has 0 N–H and O–H groups in total. The molecule has 1 aromatic heterocycles. The number of aryl methyl sites for hydroxylation is 1. The lowest BCUT2D eigenvalue weighted by atomic mass is 10.2. The first-order valence-electron chi connectivity index (χ1n) is 3.76. The van der Waals surface area contributed by atoms with Gasteiger partial charge in [0.25, 0.3) is 0 Å². The van der Waals surface area contributed by atoms with Gasteiger partial charge < -0.3 is 0 Å². The number of rotatable bonds is 1. The molecule has 0 aliphatic carbocycles. The van der Waals surface area contributed by atoms with E-state index in [1.165, 1.54) is 5.56 Å². The summed E-state index contributed by atoms with van der Waals surface area (Å²) in [6.07, 6.45) is 0. The Labute approximate surface area is 92.4 Å². The molecule has 0 bridgehead atoms. The normalized spacial score (nSPS) is 11.0. The third-order valence-electron chi connectivity index (χ3n) is 1.87. The number of benzene rings is 1. The highest BCUT2D eigenvalue weighted by Gasteiger charge is 2.06. The zero-order chi connectivity index (χ0) is 9.42. The Morgan fingerprint density at radius 2 is 2.23 bits per heavy atom. The minimum atomic E-state index is 0.831. The first-order valence-corrected chi connectivity index (χ1v) is 5.67. The number of nitrogens with zero attached hydrogens (tertiary/aromatic N) is 3. The van der Waals surface area contributed by atoms with Crippen LogP contribution in [0.4, 0.5) is 0 Å². The number of halogens is 2. The fourth-order valence-corrected chi connectivity index (χ4v) is 2.35. The summed E-state index contributed by atoms with van der Waals surface area (Å²) in [5, 5.41) is 8.83. The molecule has 0 aliphatic heterocycles. The van der Waals surface area contributed by atoms with E-state index < -0.39 is 0 Å². The summed E-state index contributed by atoms with van der Waals surface area (Å²) in [7, 11) is 1.88. The minimum absolute atomic E-state index is 0.831. The molecule has 0 radical (unpaired) electrons. The maximum atomic E-state index is 4.05. The molecule has 0 saturated heterocycles. The molecule has 0 fully saturated rings. The number of fused-ring (bicyclic) bond motifs is 1. The van der Waals surface area contributed by atoms with Crippen LogP contribution in [0.1, 0.15) is 5.56 Å². The van der Waals surface area contributed by atoms with Gasteiger partial charge in [0, 0.05) is 16.9 Å². The average molecular weight is 305 g/mol. The highest BCUT2D eigenvalue weighted by molar-refractivity contribution is 9.10. The second-order valence-corrected chi connectivity index (χ2v) is 4.21. The van der Waals surface area contributed by atoms with Crippen molar-refractivity contribution in [3.63, 3.8) is 0 Å². The van der Waals surface area contributed by atoms with Gasteiger partial charge >= 0.3 is 0 Å². The van der Waals surface area contributed by atoms with Crippen LogP contribution < -0.4 is 0 Å². The number of aromatic nitrogens is 3. The molecule has 0 saturated carbocycles. The lowest BCUT2D eigenvalue weighted by Gasteiger charge is -1.99. The predicted molar refractivity (Wildman–Crippen MR) is 58.8 cm³/mol. The number of alkyl halides is 1. The van der Waals surface area contributed by atoms with E-state index >= 15 is 0 Å². The summed E-state index contributed by atoms with van der Waals surface area (Å²) in [5.74, 6) is 0. The third-order valence-corrected chi connectivity index (χ3v) is 3.12. The first kappa shape index (κ1) is 9.15. The second-order valence-electron chi connectivity index (χ2n) is 2.79. The van der Waals surface area contributed by atoms with Gasteiger partial charge in [-0.1, -0.05) is 21.1 Å². The molecular weight excluding hydrogens is 298 g/mol. The van der Waals surface area contributed by atoms with Crippen molar-refractivity contribution >= 4 is 42.9 Å². The van der Waals surface area contributed by atoms with Crippen LogP contribution in [0.15, 0.2) is 16.6 Å². The topological polar surface area (TPSA) is 30.7 Å². The van der Waals surface area contributed by atoms with Crippen LogP contribution in [0.2, 0.25) is 0 Å². The summed E-state index contributed by atoms with van der Waals surface area (Å²) < 4.78 is 2.80. The Kier molecular flexibility index (Phi) is 2.38. The summed E-state index contributed by atoms with van der Waals surface area (Å²) in [6, 6.07) is 4.10. The van der Waals surface area contributed by atoms with Gasteiger partial charge in [0.05, 0.1) is 0 Å². The van der Waals surface area contributed by atoms with Crippen molar-refractivity contribution in [2.24, 2.45) is 7.05 Å². The van der Waals surface area contributed by atoms with Crippen LogP contribution in [-0.2, 0) is 12.4 Å². The third kappa shape index (κ3) is 1.50. The van der Waals surface area contributed by atoms with E-state index in [1.807, 2.05) is 13.1 Å². The fourth-order valence-electron chi connectivity index (χ4n) is 1.27. The van der Waals surface area contributed by atoms with E-state index in [9.17, 15) is 0 Å². The Balaban J connectivity index is 2.79. The Bertz CT molecular complexity index is 450. The van der Waals surface area contributed by atoms with Crippen molar-refractivity contribution in [3.8, 4) is 0 Å². The van der Waals surface area contributed by atoms with Gasteiger partial charge in [0.15, 0.2) is 0 Å². The van der Waals surface area contributed by atoms with Crippen molar-refractivity contribution in [1.29, 1.82) is 0 Å². The molecule has 1 aromatic carbocycles. The molecule has 68 valence electrons. The highest BCUT2D eigenvalue weighted by atomic mass is 79.9. The molecule has 2 aromatic rings. The molecule has 0 atom stereocenters. The zero-order valence-corrected chi connectivity index (χ0v) is 10.1. The maximum absolute atomic E-state index is 4.05. The van der Waals surface area contributed by atoms with Gasteiger partial charge in [-0.3, -0.25) is 0 Å². The molecule has 5 heteroatoms. The summed E-state index contributed by atoms with van der Waals surface area (Å²) >= 11 is 6.91. The quantitative estimate of drug-likeness (QED) is 0.758. The molecule has 0 unspecified atom stereocenters. The lowest BCUT2D eigenvalue weighted by molar-refractivity contribution is 0.735. The van der Waals surface area contributed by atoms with E-state index in [1.54, 1.807) is 4.68 Å². The minimum Gasteiger partial charge on any atom is -0.247 e. The largest absolute Gasteiger partial charge is 0.247 e. The molecule has 3 nitrogen and oxygen atoms in total. The summed E-state index contributed by atoms with van der Waals surface area (Å²) in [4.78, 5) is 0. The molecule has 0 spiro atoms. The van der Waals surface area contributed by atoms with E-state index in [0.29, 0.717) is 0 Å². The number of hydrogen-bond acceptors (Lipinski definition) is 2. The number of hydrogen-bond donors (Lipinski definition) is 0. The SMILES string of the molecule is Cn1nnc2cc(CBr)cc(Br)c21. The van der Waals surface area contributed by atoms with Crippen molar-refractivity contribution in [2.45, 2.75) is 5.33 Å². The molecular formula is C8H7Br2N3. The molecule has 0 amide bonds. The highest BCUT2D eigenvalue weighted by Crippen LogP contribution is 2.24. The molecule has 13 heavy (non-hydrogen) atoms. The predicted octanol–water partition coefficient (Wildman–Crippen LogP) is 2.63. The fraction of sp³-hybridized carbons (Fsp3) is 0.250. The summed E-state index contributed by atoms with van der Waals surface area (Å²) in [5.41, 5.74) is 3.15. The standard InChI is InChI=1S/C8H7Br2N3/c1-13-8-6(10)2-5(4-9)3-7(8)11-12-13/h2-3H,4H2,1H3. The van der Waals surface area contributed by atoms with E-state index in [2.05, 4.69) is 48.2 Å². The van der Waals surface area contributed by atoms with Crippen molar-refractivity contribution in [1.82, 2.24) is 15.0 Å². The van der Waals surface area contributed by atoms with Gasteiger partial charge in [-0.2, -0.15) is 0 Å². The van der Waals surface area contributed by atoms with Crippen LogP contribution in [0.3, 0.4) is 0 Å². The summed E-state index contributed by atoms with van der Waals surface area (Å²) in [6.45, 7) is 0. The van der Waals surface area contributed by atoms with Gasteiger partial charge in [-0.25, -0.2) is 4.68 Å². The van der Waals surface area contributed by atoms with Crippen LogP contribution in [0, 0.1) is 0 Å². The van der Waals surface area contributed by atoms with Crippen molar-refractivity contribution in [2.75, 3.05) is 0 Å². The van der Waals surface area contributed by atoms with Gasteiger partial charge in [-0.15, -0.1) is 5.10 Å². The van der Waals surface area contributed by atoms with Crippen LogP contribution >= 0.6 is 31.9 Å². The van der Waals surface area contributed by atoms with E-state index in [4.69, 9.17) is 0 Å². The van der Waals surface area contributed by atoms with Crippen LogP contribution in [-0.4, -0.2) is 15.0 Å². The Morgan fingerprint density at radius 1 is 1.46 bits per heavy atom. The lowest BCUT2D eigenvalue weighted by Crippen LogP contribution is -1.90. The zero-order valence-electron chi connectivity index (χ0n) is 6.96. The molecule has 1 heterocycles. The van der Waals surface area contributed by atoms with Crippen molar-refractivity contribution < 1.29 is 0 Å². The maximum Gasteiger partial charge on any atom is 0.114 e. The van der Waals surface area contributed by atoms with Gasteiger partial charge in [0.1, 0.15) is 11.0 Å². The monoisotopic (exact) mass is 303 g/mol. The Morgan fingerprint density at radius 3 is 2.92 bits per heavy atom. The smallest absolute Gasteiger partial charge is 0.114 e. The first-order chi connectivity index (χ1) is 6.22. The second kappa shape index (κ2) is 3.38. The molecule has 0 aliphatic rings.